The number of nitrogens with one attached hydrogen (secondary N) is 1. The second-order valence-corrected chi connectivity index (χ2v) is 8.40. The molecule has 0 amide bonds. The Morgan fingerprint density at radius 1 is 1.42 bits per heavy atom. The molecule has 108 valence electrons. The van der Waals surface area contributed by atoms with Gasteiger partial charge in [0.15, 0.2) is 0 Å². The van der Waals surface area contributed by atoms with Crippen molar-refractivity contribution in [2.75, 3.05) is 0 Å². The highest BCUT2D eigenvalue weighted by Crippen LogP contribution is 2.29. The van der Waals surface area contributed by atoms with Gasteiger partial charge in [0.1, 0.15) is 4.21 Å². The summed E-state index contributed by atoms with van der Waals surface area (Å²) in [7, 11) is -3.45. The zero-order valence-electron chi connectivity index (χ0n) is 11.3. The zero-order chi connectivity index (χ0) is 14.0. The summed E-state index contributed by atoms with van der Waals surface area (Å²) in [6.45, 7) is 3.82. The number of hydrogen-bond acceptors (Lipinski definition) is 4. The molecule has 1 aliphatic rings. The minimum atomic E-state index is -3.45. The van der Waals surface area contributed by atoms with Crippen molar-refractivity contribution in [3.05, 3.63) is 16.5 Å². The van der Waals surface area contributed by atoms with E-state index >= 15 is 0 Å². The van der Waals surface area contributed by atoms with Gasteiger partial charge in [-0.2, -0.15) is 0 Å². The van der Waals surface area contributed by atoms with E-state index in [0.29, 0.717) is 10.1 Å². The van der Waals surface area contributed by atoms with Gasteiger partial charge in [-0.15, -0.1) is 11.3 Å². The fourth-order valence-electron chi connectivity index (χ4n) is 2.53. The minimum absolute atomic E-state index is 0.0405. The Morgan fingerprint density at radius 2 is 2.11 bits per heavy atom. The molecule has 2 rings (SSSR count). The van der Waals surface area contributed by atoms with Crippen LogP contribution in [0.1, 0.15) is 43.0 Å². The highest BCUT2D eigenvalue weighted by molar-refractivity contribution is 7.91. The maximum Gasteiger partial charge on any atom is 0.250 e. The fraction of sp³-hybridized carbons (Fsp3) is 0.692. The molecule has 0 radical (unpaired) electrons. The molecule has 1 saturated carbocycles. The van der Waals surface area contributed by atoms with Crippen LogP contribution in [-0.2, 0) is 16.6 Å². The predicted octanol–water partition coefficient (Wildman–Crippen LogP) is 2.41. The molecule has 0 bridgehead atoms. The Hall–Kier alpha value is -0.430. The summed E-state index contributed by atoms with van der Waals surface area (Å²) in [4.78, 5) is 0.720. The average molecular weight is 303 g/mol. The van der Waals surface area contributed by atoms with Crippen molar-refractivity contribution in [2.24, 2.45) is 5.92 Å². The van der Waals surface area contributed by atoms with Gasteiger partial charge in [-0.3, -0.25) is 0 Å². The van der Waals surface area contributed by atoms with Crippen LogP contribution in [0.25, 0.3) is 0 Å². The fourth-order valence-corrected chi connectivity index (χ4v) is 5.37. The van der Waals surface area contributed by atoms with Gasteiger partial charge in [0.2, 0.25) is 10.0 Å². The first-order valence-electron chi connectivity index (χ1n) is 6.66. The number of sulfonamides is 1. The average Bonchev–Trinajstić information content (AvgIpc) is 2.74. The first kappa shape index (κ1) is 15.0. The highest BCUT2D eigenvalue weighted by Gasteiger charge is 2.28. The van der Waals surface area contributed by atoms with Gasteiger partial charge in [-0.05, 0) is 37.3 Å². The lowest BCUT2D eigenvalue weighted by molar-refractivity contribution is 0.285. The molecule has 4 nitrogen and oxygen atoms in total. The third-order valence-corrected chi connectivity index (χ3v) is 7.01. The first-order chi connectivity index (χ1) is 8.94. The summed E-state index contributed by atoms with van der Waals surface area (Å²) in [5.41, 5.74) is 0.838. The normalized spacial score (nSPS) is 24.6. The van der Waals surface area contributed by atoms with Gasteiger partial charge in [-0.25, -0.2) is 13.1 Å². The Labute approximate surface area is 118 Å². The molecular formula is C13H21NO3S2. The lowest BCUT2D eigenvalue weighted by Crippen LogP contribution is -2.40. The van der Waals surface area contributed by atoms with Gasteiger partial charge in [-0.1, -0.05) is 19.8 Å². The highest BCUT2D eigenvalue weighted by atomic mass is 32.2. The van der Waals surface area contributed by atoms with Crippen molar-refractivity contribution in [1.29, 1.82) is 0 Å². The second kappa shape index (κ2) is 5.91. The van der Waals surface area contributed by atoms with Crippen LogP contribution in [0, 0.1) is 12.8 Å². The zero-order valence-corrected chi connectivity index (χ0v) is 13.0. The molecule has 0 aliphatic heterocycles. The van der Waals surface area contributed by atoms with Crippen LogP contribution >= 0.6 is 11.3 Å². The van der Waals surface area contributed by atoms with Crippen molar-refractivity contribution < 1.29 is 13.5 Å². The van der Waals surface area contributed by atoms with Crippen LogP contribution in [0.4, 0.5) is 0 Å². The quantitative estimate of drug-likeness (QED) is 0.897. The molecule has 1 aromatic heterocycles. The lowest BCUT2D eigenvalue weighted by atomic mass is 9.87. The largest absolute Gasteiger partial charge is 0.391 e. The van der Waals surface area contributed by atoms with Gasteiger partial charge >= 0.3 is 0 Å². The minimum Gasteiger partial charge on any atom is -0.391 e. The number of aliphatic hydroxyl groups excluding tert-OH is 1. The standard InChI is InChI=1S/C13H21NO3S2/c1-9-5-3-4-6-11(9)14-19(16,17)13-7-10(2)12(8-15)18-13/h7,9,11,14-15H,3-6,8H2,1-2H3. The molecule has 1 fully saturated rings. The summed E-state index contributed by atoms with van der Waals surface area (Å²) < 4.78 is 27.8. The van der Waals surface area contributed by atoms with Gasteiger partial charge < -0.3 is 5.11 Å². The topological polar surface area (TPSA) is 66.4 Å². The van der Waals surface area contributed by atoms with E-state index in [2.05, 4.69) is 11.6 Å². The summed E-state index contributed by atoms with van der Waals surface area (Å²) in [5.74, 6) is 0.391. The number of rotatable bonds is 4. The summed E-state index contributed by atoms with van der Waals surface area (Å²) in [6, 6.07) is 1.69. The monoisotopic (exact) mass is 303 g/mol. The van der Waals surface area contributed by atoms with Crippen molar-refractivity contribution in [3.63, 3.8) is 0 Å². The SMILES string of the molecule is Cc1cc(S(=O)(=O)NC2CCCCC2C)sc1CO. The molecule has 0 saturated heterocycles. The van der Waals surface area contributed by atoms with Crippen LogP contribution in [0.15, 0.2) is 10.3 Å². The summed E-state index contributed by atoms with van der Waals surface area (Å²) in [5, 5.41) is 9.16. The van der Waals surface area contributed by atoms with Crippen LogP contribution in [-0.4, -0.2) is 19.6 Å². The van der Waals surface area contributed by atoms with E-state index in [9.17, 15) is 8.42 Å². The van der Waals surface area contributed by atoms with Gasteiger partial charge in [0.05, 0.1) is 6.61 Å². The summed E-state index contributed by atoms with van der Waals surface area (Å²) >= 11 is 1.16. The van der Waals surface area contributed by atoms with Crippen molar-refractivity contribution in [1.82, 2.24) is 4.72 Å². The molecule has 1 aliphatic carbocycles. The van der Waals surface area contributed by atoms with Crippen LogP contribution in [0.2, 0.25) is 0 Å². The lowest BCUT2D eigenvalue weighted by Gasteiger charge is -2.28. The maximum atomic E-state index is 12.3. The number of thiophene rings is 1. The molecule has 1 heterocycles. The predicted molar refractivity (Wildman–Crippen MR) is 76.7 cm³/mol. The van der Waals surface area contributed by atoms with E-state index in [1.54, 1.807) is 6.07 Å². The van der Waals surface area contributed by atoms with E-state index < -0.39 is 10.0 Å². The molecule has 0 aromatic carbocycles. The van der Waals surface area contributed by atoms with E-state index in [0.717, 1.165) is 41.0 Å². The Balaban J connectivity index is 2.17. The van der Waals surface area contributed by atoms with Crippen LogP contribution in [0.3, 0.4) is 0 Å². The molecule has 1 aromatic rings. The second-order valence-electron chi connectivity index (χ2n) is 5.32. The van der Waals surface area contributed by atoms with Crippen molar-refractivity contribution in [2.45, 2.75) is 56.4 Å². The third kappa shape index (κ3) is 3.37. The van der Waals surface area contributed by atoms with Crippen LogP contribution in [0.5, 0.6) is 0 Å². The maximum absolute atomic E-state index is 12.3. The smallest absolute Gasteiger partial charge is 0.250 e. The number of aryl methyl sites for hydroxylation is 1. The Morgan fingerprint density at radius 3 is 2.68 bits per heavy atom. The van der Waals surface area contributed by atoms with E-state index in [-0.39, 0.29) is 12.6 Å². The molecule has 2 unspecified atom stereocenters. The summed E-state index contributed by atoms with van der Waals surface area (Å²) in [6.07, 6.45) is 4.27. The molecule has 0 spiro atoms. The van der Waals surface area contributed by atoms with E-state index in [4.69, 9.17) is 5.11 Å². The number of aliphatic hydroxyl groups is 1. The molecule has 2 atom stereocenters. The molecule has 2 N–H and O–H groups in total. The Bertz CT molecular complexity index is 536. The number of hydrogen-bond donors (Lipinski definition) is 2. The van der Waals surface area contributed by atoms with E-state index in [1.807, 2.05) is 6.92 Å². The molecular weight excluding hydrogens is 282 g/mol. The Kier molecular flexibility index (Phi) is 4.66. The van der Waals surface area contributed by atoms with Crippen molar-refractivity contribution >= 4 is 21.4 Å². The van der Waals surface area contributed by atoms with E-state index in [1.165, 1.54) is 6.42 Å². The van der Waals surface area contributed by atoms with Gasteiger partial charge in [0, 0.05) is 10.9 Å². The van der Waals surface area contributed by atoms with Gasteiger partial charge in [0.25, 0.3) is 0 Å². The van der Waals surface area contributed by atoms with Crippen LogP contribution < -0.4 is 4.72 Å². The first-order valence-corrected chi connectivity index (χ1v) is 8.96. The molecule has 6 heteroatoms. The molecule has 19 heavy (non-hydrogen) atoms. The van der Waals surface area contributed by atoms with Crippen molar-refractivity contribution in [3.8, 4) is 0 Å². The third-order valence-electron chi connectivity index (χ3n) is 3.82.